The lowest BCUT2D eigenvalue weighted by atomic mass is 10.2. The molecule has 0 aliphatic carbocycles. The van der Waals surface area contributed by atoms with Crippen molar-refractivity contribution in [1.29, 1.82) is 0 Å². The number of hydrogen-bond acceptors (Lipinski definition) is 4. The van der Waals surface area contributed by atoms with Crippen molar-refractivity contribution < 1.29 is 14.3 Å². The molecule has 23 heavy (non-hydrogen) atoms. The molecule has 0 fully saturated rings. The van der Waals surface area contributed by atoms with Crippen LogP contribution in [0.1, 0.15) is 23.0 Å². The summed E-state index contributed by atoms with van der Waals surface area (Å²) in [5.74, 6) is 1.44. The topological polar surface area (TPSA) is 51.7 Å². The number of carbonyl (C=O) groups is 1. The molecule has 0 spiro atoms. The standard InChI is InChI=1S/C18H20N2O3/c1-3-20(18(21)14-9-8-13(2)19-10-14)11-15-12-22-16-6-4-5-7-17(16)23-15/h4-10,15H,3,11-12H2,1-2H3. The molecule has 5 nitrogen and oxygen atoms in total. The van der Waals surface area contributed by atoms with Gasteiger partial charge in [-0.05, 0) is 38.1 Å². The first-order valence-corrected chi connectivity index (χ1v) is 7.77. The number of aryl methyl sites for hydroxylation is 1. The van der Waals surface area contributed by atoms with Crippen LogP contribution in [0.5, 0.6) is 11.5 Å². The fourth-order valence-electron chi connectivity index (χ4n) is 2.53. The first-order chi connectivity index (χ1) is 11.2. The zero-order chi connectivity index (χ0) is 16.2. The Balaban J connectivity index is 1.68. The number of aromatic nitrogens is 1. The number of amides is 1. The summed E-state index contributed by atoms with van der Waals surface area (Å²) in [6.07, 6.45) is 1.45. The van der Waals surface area contributed by atoms with Crippen LogP contribution >= 0.6 is 0 Å². The van der Waals surface area contributed by atoms with E-state index in [0.717, 1.165) is 17.2 Å². The van der Waals surface area contributed by atoms with Crippen molar-refractivity contribution >= 4 is 5.91 Å². The van der Waals surface area contributed by atoms with E-state index >= 15 is 0 Å². The summed E-state index contributed by atoms with van der Waals surface area (Å²) in [5, 5.41) is 0. The van der Waals surface area contributed by atoms with Gasteiger partial charge in [0, 0.05) is 18.4 Å². The molecular weight excluding hydrogens is 292 g/mol. The Morgan fingerprint density at radius 2 is 2.04 bits per heavy atom. The van der Waals surface area contributed by atoms with E-state index < -0.39 is 0 Å². The molecule has 1 aliphatic rings. The van der Waals surface area contributed by atoms with E-state index in [0.29, 0.717) is 25.3 Å². The normalized spacial score (nSPS) is 16.0. The van der Waals surface area contributed by atoms with E-state index in [-0.39, 0.29) is 12.0 Å². The minimum atomic E-state index is -0.174. The maximum Gasteiger partial charge on any atom is 0.255 e. The second-order valence-corrected chi connectivity index (χ2v) is 5.53. The monoisotopic (exact) mass is 312 g/mol. The molecule has 1 aromatic heterocycles. The summed E-state index contributed by atoms with van der Waals surface area (Å²) in [5.41, 5.74) is 1.49. The number of benzene rings is 1. The van der Waals surface area contributed by atoms with Gasteiger partial charge < -0.3 is 14.4 Å². The van der Waals surface area contributed by atoms with Gasteiger partial charge in [-0.2, -0.15) is 0 Å². The summed E-state index contributed by atoms with van der Waals surface area (Å²) in [6.45, 7) is 5.38. The van der Waals surface area contributed by atoms with Crippen molar-refractivity contribution in [3.8, 4) is 11.5 Å². The molecule has 1 unspecified atom stereocenters. The molecule has 0 radical (unpaired) electrons. The Kier molecular flexibility index (Phi) is 4.46. The Morgan fingerprint density at radius 1 is 1.26 bits per heavy atom. The molecular formula is C18H20N2O3. The highest BCUT2D eigenvalue weighted by atomic mass is 16.6. The van der Waals surface area contributed by atoms with Crippen LogP contribution in [0.25, 0.3) is 0 Å². The average molecular weight is 312 g/mol. The smallest absolute Gasteiger partial charge is 0.255 e. The lowest BCUT2D eigenvalue weighted by Gasteiger charge is -2.30. The lowest BCUT2D eigenvalue weighted by molar-refractivity contribution is 0.0474. The van der Waals surface area contributed by atoms with Crippen LogP contribution in [0.2, 0.25) is 0 Å². The van der Waals surface area contributed by atoms with Crippen LogP contribution in [-0.4, -0.2) is 41.6 Å². The first-order valence-electron chi connectivity index (χ1n) is 7.77. The van der Waals surface area contributed by atoms with Crippen molar-refractivity contribution in [1.82, 2.24) is 9.88 Å². The van der Waals surface area contributed by atoms with E-state index in [9.17, 15) is 4.79 Å². The third kappa shape index (κ3) is 3.44. The van der Waals surface area contributed by atoms with Crippen molar-refractivity contribution in [3.63, 3.8) is 0 Å². The summed E-state index contributed by atoms with van der Waals surface area (Å²) in [6, 6.07) is 11.2. The molecule has 0 saturated carbocycles. The molecule has 2 heterocycles. The third-order valence-corrected chi connectivity index (χ3v) is 3.82. The molecule has 1 aromatic carbocycles. The molecule has 1 aliphatic heterocycles. The van der Waals surface area contributed by atoms with Gasteiger partial charge in [0.25, 0.3) is 5.91 Å². The van der Waals surface area contributed by atoms with Crippen LogP contribution in [0.3, 0.4) is 0 Å². The number of ether oxygens (including phenoxy) is 2. The van der Waals surface area contributed by atoms with Gasteiger partial charge in [0.05, 0.1) is 12.1 Å². The van der Waals surface area contributed by atoms with Crippen molar-refractivity contribution in [2.24, 2.45) is 0 Å². The highest BCUT2D eigenvalue weighted by Gasteiger charge is 2.25. The fourth-order valence-corrected chi connectivity index (χ4v) is 2.53. The largest absolute Gasteiger partial charge is 0.486 e. The van der Waals surface area contributed by atoms with E-state index in [1.54, 1.807) is 17.2 Å². The SMILES string of the molecule is CCN(CC1COc2ccccc2O1)C(=O)c1ccc(C)nc1. The Bertz CT molecular complexity index is 685. The number of nitrogens with zero attached hydrogens (tertiary/aromatic N) is 2. The van der Waals surface area contributed by atoms with Gasteiger partial charge in [-0.25, -0.2) is 0 Å². The molecule has 1 amide bonds. The number of para-hydroxylation sites is 2. The summed E-state index contributed by atoms with van der Waals surface area (Å²) in [4.78, 5) is 18.5. The van der Waals surface area contributed by atoms with Gasteiger partial charge in [-0.3, -0.25) is 9.78 Å². The van der Waals surface area contributed by atoms with Crippen molar-refractivity contribution in [2.75, 3.05) is 19.7 Å². The van der Waals surface area contributed by atoms with Crippen LogP contribution in [0, 0.1) is 6.92 Å². The number of fused-ring (bicyclic) bond motifs is 1. The number of hydrogen-bond donors (Lipinski definition) is 0. The maximum atomic E-state index is 12.6. The average Bonchev–Trinajstić information content (AvgIpc) is 2.59. The predicted molar refractivity (Wildman–Crippen MR) is 86.9 cm³/mol. The second kappa shape index (κ2) is 6.69. The fraction of sp³-hybridized carbons (Fsp3) is 0.333. The predicted octanol–water partition coefficient (Wildman–Crippen LogP) is 2.69. The van der Waals surface area contributed by atoms with Gasteiger partial charge in [-0.1, -0.05) is 12.1 Å². The first kappa shape index (κ1) is 15.3. The van der Waals surface area contributed by atoms with Crippen LogP contribution < -0.4 is 9.47 Å². The molecule has 1 atom stereocenters. The van der Waals surface area contributed by atoms with Crippen molar-refractivity contribution in [3.05, 3.63) is 53.9 Å². The lowest BCUT2D eigenvalue weighted by Crippen LogP contribution is -2.43. The van der Waals surface area contributed by atoms with E-state index in [1.165, 1.54) is 0 Å². The second-order valence-electron chi connectivity index (χ2n) is 5.53. The van der Waals surface area contributed by atoms with Gasteiger partial charge in [0.1, 0.15) is 6.61 Å². The summed E-state index contributed by atoms with van der Waals surface area (Å²) < 4.78 is 11.6. The zero-order valence-electron chi connectivity index (χ0n) is 13.4. The van der Waals surface area contributed by atoms with E-state index in [1.807, 2.05) is 44.2 Å². The number of pyridine rings is 1. The number of likely N-dealkylation sites (N-methyl/N-ethyl adjacent to an activating group) is 1. The maximum absolute atomic E-state index is 12.6. The van der Waals surface area contributed by atoms with Gasteiger partial charge >= 0.3 is 0 Å². The molecule has 5 heteroatoms. The van der Waals surface area contributed by atoms with Crippen molar-refractivity contribution in [2.45, 2.75) is 20.0 Å². The molecule has 3 rings (SSSR count). The zero-order valence-corrected chi connectivity index (χ0v) is 13.4. The molecule has 2 aromatic rings. The van der Waals surface area contributed by atoms with Gasteiger partial charge in [0.2, 0.25) is 0 Å². The number of rotatable bonds is 4. The summed E-state index contributed by atoms with van der Waals surface area (Å²) >= 11 is 0. The van der Waals surface area contributed by atoms with Crippen LogP contribution in [0.15, 0.2) is 42.6 Å². The van der Waals surface area contributed by atoms with Gasteiger partial charge in [0.15, 0.2) is 17.6 Å². The highest BCUT2D eigenvalue weighted by molar-refractivity contribution is 5.93. The Hall–Kier alpha value is -2.56. The Labute approximate surface area is 135 Å². The molecule has 0 saturated heterocycles. The molecule has 0 N–H and O–H groups in total. The minimum Gasteiger partial charge on any atom is -0.486 e. The van der Waals surface area contributed by atoms with Crippen LogP contribution in [-0.2, 0) is 0 Å². The molecule has 120 valence electrons. The number of carbonyl (C=O) groups excluding carboxylic acids is 1. The molecule has 0 bridgehead atoms. The highest BCUT2D eigenvalue weighted by Crippen LogP contribution is 2.31. The third-order valence-electron chi connectivity index (χ3n) is 3.82. The summed E-state index contributed by atoms with van der Waals surface area (Å²) in [7, 11) is 0. The van der Waals surface area contributed by atoms with E-state index in [2.05, 4.69) is 4.98 Å². The van der Waals surface area contributed by atoms with Gasteiger partial charge in [-0.15, -0.1) is 0 Å². The Morgan fingerprint density at radius 3 is 2.74 bits per heavy atom. The van der Waals surface area contributed by atoms with E-state index in [4.69, 9.17) is 9.47 Å². The van der Waals surface area contributed by atoms with Crippen LogP contribution in [0.4, 0.5) is 0 Å². The quantitative estimate of drug-likeness (QED) is 0.871. The minimum absolute atomic E-state index is 0.0394.